The van der Waals surface area contributed by atoms with E-state index in [1.54, 1.807) is 0 Å². The zero-order valence-corrected chi connectivity index (χ0v) is 14.2. The average Bonchev–Trinajstić information content (AvgIpc) is 2.45. The first-order chi connectivity index (χ1) is 9.79. The minimum atomic E-state index is -0.0926. The van der Waals surface area contributed by atoms with Gasteiger partial charge < -0.3 is 14.8 Å². The molecule has 0 saturated carbocycles. The Balaban J connectivity index is 3.86. The number of unbranched alkanes of at least 4 members (excludes halogenated alkanes) is 6. The number of ether oxygens (including phenoxy) is 2. The number of hydrogen-bond donors (Lipinski definition) is 1. The minimum Gasteiger partial charge on any atom is -0.351 e. The number of rotatable bonds is 15. The quantitative estimate of drug-likeness (QED) is 0.355. The van der Waals surface area contributed by atoms with E-state index in [2.05, 4.69) is 19.2 Å². The summed E-state index contributed by atoms with van der Waals surface area (Å²) < 4.78 is 11.4. The fraction of sp³-hybridized carbons (Fsp3) is 1.00. The van der Waals surface area contributed by atoms with E-state index in [0.29, 0.717) is 19.3 Å². The zero-order chi connectivity index (χ0) is 15.1. The number of hydrogen-bond acceptors (Lipinski definition) is 3. The van der Waals surface area contributed by atoms with Crippen LogP contribution in [0.15, 0.2) is 0 Å². The maximum Gasteiger partial charge on any atom is 0.172 e. The first-order valence-corrected chi connectivity index (χ1v) is 8.76. The molecule has 0 fully saturated rings. The highest BCUT2D eigenvalue weighted by Crippen LogP contribution is 2.13. The molecule has 0 spiro atoms. The molecule has 0 amide bonds. The zero-order valence-electron chi connectivity index (χ0n) is 14.2. The van der Waals surface area contributed by atoms with Crippen LogP contribution in [0.5, 0.6) is 0 Å². The molecule has 0 aliphatic carbocycles. The molecule has 0 aliphatic rings. The number of likely N-dealkylation sites (N-methyl/N-ethyl adjacent to an activating group) is 1. The second-order valence-corrected chi connectivity index (χ2v) is 5.35. The highest BCUT2D eigenvalue weighted by atomic mass is 16.7. The Kier molecular flexibility index (Phi) is 15.2. The Morgan fingerprint density at radius 3 is 1.80 bits per heavy atom. The number of nitrogens with one attached hydrogen (secondary N) is 1. The van der Waals surface area contributed by atoms with Gasteiger partial charge in [-0.1, -0.05) is 58.8 Å². The molecule has 0 rings (SSSR count). The average molecular weight is 287 g/mol. The third-order valence-corrected chi connectivity index (χ3v) is 3.58. The molecule has 0 radical (unpaired) electrons. The van der Waals surface area contributed by atoms with Gasteiger partial charge in [0.15, 0.2) is 6.29 Å². The molecular formula is C17H37NO2. The van der Waals surface area contributed by atoms with Crippen molar-refractivity contribution in [3.63, 3.8) is 0 Å². The van der Waals surface area contributed by atoms with E-state index < -0.39 is 0 Å². The SMILES string of the molecule is CCCCCCCCCC(NCC)C(OCC)OCC. The minimum absolute atomic E-state index is 0.0926. The maximum atomic E-state index is 5.72. The Bertz CT molecular complexity index is 182. The standard InChI is InChI=1S/C17H37NO2/c1-5-9-10-11-12-13-14-15-16(18-6-2)17(19-7-3)20-8-4/h16-18H,5-15H2,1-4H3. The van der Waals surface area contributed by atoms with Crippen molar-refractivity contribution in [2.24, 2.45) is 0 Å². The monoisotopic (exact) mass is 287 g/mol. The summed E-state index contributed by atoms with van der Waals surface area (Å²) in [7, 11) is 0. The third kappa shape index (κ3) is 10.6. The van der Waals surface area contributed by atoms with Crippen LogP contribution >= 0.6 is 0 Å². The van der Waals surface area contributed by atoms with E-state index in [-0.39, 0.29) is 6.29 Å². The van der Waals surface area contributed by atoms with Gasteiger partial charge in [0.2, 0.25) is 0 Å². The predicted molar refractivity (Wildman–Crippen MR) is 87.1 cm³/mol. The van der Waals surface area contributed by atoms with Crippen LogP contribution in [0.1, 0.15) is 79.1 Å². The van der Waals surface area contributed by atoms with Gasteiger partial charge in [0.25, 0.3) is 0 Å². The summed E-state index contributed by atoms with van der Waals surface area (Å²) in [6, 6.07) is 0.329. The van der Waals surface area contributed by atoms with E-state index >= 15 is 0 Å². The smallest absolute Gasteiger partial charge is 0.172 e. The molecule has 0 bridgehead atoms. The largest absolute Gasteiger partial charge is 0.351 e. The highest BCUT2D eigenvalue weighted by Gasteiger charge is 2.20. The molecule has 3 nitrogen and oxygen atoms in total. The van der Waals surface area contributed by atoms with Gasteiger partial charge >= 0.3 is 0 Å². The van der Waals surface area contributed by atoms with Crippen molar-refractivity contribution in [2.75, 3.05) is 19.8 Å². The van der Waals surface area contributed by atoms with Crippen LogP contribution in [0.3, 0.4) is 0 Å². The molecule has 0 heterocycles. The lowest BCUT2D eigenvalue weighted by atomic mass is 10.0. The van der Waals surface area contributed by atoms with Crippen molar-refractivity contribution < 1.29 is 9.47 Å². The molecule has 3 heteroatoms. The van der Waals surface area contributed by atoms with E-state index in [1.807, 2.05) is 13.8 Å². The molecule has 20 heavy (non-hydrogen) atoms. The van der Waals surface area contributed by atoms with Crippen LogP contribution in [0.2, 0.25) is 0 Å². The third-order valence-electron chi connectivity index (χ3n) is 3.58. The van der Waals surface area contributed by atoms with Crippen LogP contribution < -0.4 is 5.32 Å². The molecule has 0 aliphatic heterocycles. The van der Waals surface area contributed by atoms with Crippen molar-refractivity contribution >= 4 is 0 Å². The Morgan fingerprint density at radius 2 is 1.30 bits per heavy atom. The van der Waals surface area contributed by atoms with E-state index in [4.69, 9.17) is 9.47 Å². The van der Waals surface area contributed by atoms with Gasteiger partial charge in [-0.05, 0) is 26.8 Å². The second kappa shape index (κ2) is 15.3. The van der Waals surface area contributed by atoms with Gasteiger partial charge in [0.1, 0.15) is 0 Å². The van der Waals surface area contributed by atoms with Crippen LogP contribution in [-0.4, -0.2) is 32.1 Å². The summed E-state index contributed by atoms with van der Waals surface area (Å²) in [4.78, 5) is 0. The first kappa shape index (κ1) is 19.9. The fourth-order valence-corrected chi connectivity index (χ4v) is 2.53. The van der Waals surface area contributed by atoms with E-state index in [1.165, 1.54) is 44.9 Å². The van der Waals surface area contributed by atoms with Gasteiger partial charge in [-0.2, -0.15) is 0 Å². The van der Waals surface area contributed by atoms with E-state index in [9.17, 15) is 0 Å². The van der Waals surface area contributed by atoms with Gasteiger partial charge in [0, 0.05) is 13.2 Å². The molecular weight excluding hydrogens is 250 g/mol. The summed E-state index contributed by atoms with van der Waals surface area (Å²) in [6.07, 6.45) is 10.5. The summed E-state index contributed by atoms with van der Waals surface area (Å²) in [5, 5.41) is 3.51. The maximum absolute atomic E-state index is 5.72. The Labute approximate surface area is 126 Å². The molecule has 0 saturated heterocycles. The lowest BCUT2D eigenvalue weighted by Crippen LogP contribution is -2.43. The fourth-order valence-electron chi connectivity index (χ4n) is 2.53. The Hall–Kier alpha value is -0.120. The lowest BCUT2D eigenvalue weighted by Gasteiger charge is -2.27. The van der Waals surface area contributed by atoms with Crippen molar-refractivity contribution in [1.29, 1.82) is 0 Å². The normalized spacial score (nSPS) is 13.1. The van der Waals surface area contributed by atoms with Crippen LogP contribution in [0, 0.1) is 0 Å². The van der Waals surface area contributed by atoms with Crippen molar-refractivity contribution in [2.45, 2.75) is 91.4 Å². The highest BCUT2D eigenvalue weighted by molar-refractivity contribution is 4.70. The second-order valence-electron chi connectivity index (χ2n) is 5.35. The molecule has 122 valence electrons. The first-order valence-electron chi connectivity index (χ1n) is 8.76. The summed E-state index contributed by atoms with van der Waals surface area (Å²) >= 11 is 0. The van der Waals surface area contributed by atoms with Gasteiger partial charge in [-0.15, -0.1) is 0 Å². The van der Waals surface area contributed by atoms with Crippen molar-refractivity contribution in [3.05, 3.63) is 0 Å². The summed E-state index contributed by atoms with van der Waals surface area (Å²) in [6.45, 7) is 10.9. The van der Waals surface area contributed by atoms with Crippen LogP contribution in [-0.2, 0) is 9.47 Å². The molecule has 0 aromatic carbocycles. The van der Waals surface area contributed by atoms with Gasteiger partial charge in [-0.25, -0.2) is 0 Å². The molecule has 0 aromatic rings. The Morgan fingerprint density at radius 1 is 0.750 bits per heavy atom. The molecule has 1 N–H and O–H groups in total. The summed E-state index contributed by atoms with van der Waals surface area (Å²) in [5.41, 5.74) is 0. The van der Waals surface area contributed by atoms with Gasteiger partial charge in [-0.3, -0.25) is 0 Å². The lowest BCUT2D eigenvalue weighted by molar-refractivity contribution is -0.155. The van der Waals surface area contributed by atoms with Crippen molar-refractivity contribution in [3.8, 4) is 0 Å². The molecule has 0 aromatic heterocycles. The van der Waals surface area contributed by atoms with Crippen LogP contribution in [0.25, 0.3) is 0 Å². The topological polar surface area (TPSA) is 30.5 Å². The van der Waals surface area contributed by atoms with Crippen LogP contribution in [0.4, 0.5) is 0 Å². The summed E-state index contributed by atoms with van der Waals surface area (Å²) in [5.74, 6) is 0. The molecule has 1 atom stereocenters. The molecule has 1 unspecified atom stereocenters. The van der Waals surface area contributed by atoms with E-state index in [0.717, 1.165) is 13.0 Å². The van der Waals surface area contributed by atoms with Gasteiger partial charge in [0.05, 0.1) is 6.04 Å². The predicted octanol–water partition coefficient (Wildman–Crippen LogP) is 4.50. The van der Waals surface area contributed by atoms with Crippen molar-refractivity contribution in [1.82, 2.24) is 5.32 Å².